The highest BCUT2D eigenvalue weighted by Crippen LogP contribution is 2.37. The average molecular weight is 262 g/mol. The van der Waals surface area contributed by atoms with Gasteiger partial charge in [-0.25, -0.2) is 0 Å². The van der Waals surface area contributed by atoms with Crippen LogP contribution in [0.4, 0.5) is 0 Å². The number of aromatic hydroxyl groups is 2. The second-order valence-corrected chi connectivity index (χ2v) is 3.98. The maximum absolute atomic E-state index is 12.2. The standard InChI is InChI=1S/C13H10O6/c1-5(14)8-11(17)9-6(15)3-4-7(16)10(9)12(18)13(8)19-2/h3-4,15-16H,1-2H3. The molecule has 0 atom stereocenters. The summed E-state index contributed by atoms with van der Waals surface area (Å²) in [5.41, 5.74) is -1.16. The number of hydrogen-bond donors (Lipinski definition) is 2. The molecule has 19 heavy (non-hydrogen) atoms. The molecular formula is C13H10O6. The van der Waals surface area contributed by atoms with Gasteiger partial charge in [-0.15, -0.1) is 0 Å². The van der Waals surface area contributed by atoms with Crippen molar-refractivity contribution in [3.63, 3.8) is 0 Å². The second kappa shape index (κ2) is 4.24. The van der Waals surface area contributed by atoms with E-state index in [9.17, 15) is 24.6 Å². The van der Waals surface area contributed by atoms with Gasteiger partial charge in [-0.1, -0.05) is 0 Å². The number of fused-ring (bicyclic) bond motifs is 1. The van der Waals surface area contributed by atoms with Crippen molar-refractivity contribution in [3.8, 4) is 11.5 Å². The molecule has 1 aliphatic rings. The van der Waals surface area contributed by atoms with Crippen molar-refractivity contribution in [2.24, 2.45) is 0 Å². The van der Waals surface area contributed by atoms with E-state index in [1.54, 1.807) is 0 Å². The van der Waals surface area contributed by atoms with Crippen molar-refractivity contribution in [2.75, 3.05) is 7.11 Å². The molecule has 0 aromatic heterocycles. The summed E-state index contributed by atoms with van der Waals surface area (Å²) < 4.78 is 4.80. The number of ether oxygens (including phenoxy) is 1. The normalized spacial score (nSPS) is 14.4. The van der Waals surface area contributed by atoms with Crippen molar-refractivity contribution < 1.29 is 29.3 Å². The average Bonchev–Trinajstić information content (AvgIpc) is 2.35. The summed E-state index contributed by atoms with van der Waals surface area (Å²) >= 11 is 0. The Kier molecular flexibility index (Phi) is 2.86. The van der Waals surface area contributed by atoms with E-state index in [1.165, 1.54) is 0 Å². The third-order valence-electron chi connectivity index (χ3n) is 2.83. The Morgan fingerprint density at radius 2 is 1.53 bits per heavy atom. The Hall–Kier alpha value is -2.63. The van der Waals surface area contributed by atoms with Crippen LogP contribution in [0.3, 0.4) is 0 Å². The molecule has 2 rings (SSSR count). The molecule has 98 valence electrons. The summed E-state index contributed by atoms with van der Waals surface area (Å²) in [6.07, 6.45) is 0. The SMILES string of the molecule is COC1=C(C(C)=O)C(=O)c2c(O)ccc(O)c2C1=O. The molecule has 0 saturated carbocycles. The van der Waals surface area contributed by atoms with Crippen LogP contribution in [0.25, 0.3) is 0 Å². The predicted molar refractivity (Wildman–Crippen MR) is 63.1 cm³/mol. The Morgan fingerprint density at radius 1 is 1.05 bits per heavy atom. The van der Waals surface area contributed by atoms with Crippen molar-refractivity contribution in [3.05, 3.63) is 34.6 Å². The molecule has 6 nitrogen and oxygen atoms in total. The number of phenols is 2. The molecule has 0 radical (unpaired) electrons. The molecule has 0 spiro atoms. The van der Waals surface area contributed by atoms with E-state index >= 15 is 0 Å². The van der Waals surface area contributed by atoms with Crippen molar-refractivity contribution in [1.29, 1.82) is 0 Å². The Labute approximate surface area is 107 Å². The minimum absolute atomic E-state index is 0.355. The highest BCUT2D eigenvalue weighted by molar-refractivity contribution is 6.37. The van der Waals surface area contributed by atoms with Crippen LogP contribution in [0.1, 0.15) is 27.6 Å². The van der Waals surface area contributed by atoms with Gasteiger partial charge in [0.2, 0.25) is 11.6 Å². The lowest BCUT2D eigenvalue weighted by Crippen LogP contribution is -2.26. The molecule has 0 aliphatic heterocycles. The first-order valence-electron chi connectivity index (χ1n) is 5.33. The summed E-state index contributed by atoms with van der Waals surface area (Å²) in [4.78, 5) is 35.8. The van der Waals surface area contributed by atoms with Crippen LogP contribution in [0.5, 0.6) is 11.5 Å². The van der Waals surface area contributed by atoms with Crippen LogP contribution in [0.15, 0.2) is 23.5 Å². The molecule has 1 aliphatic carbocycles. The highest BCUT2D eigenvalue weighted by atomic mass is 16.5. The van der Waals surface area contributed by atoms with Crippen molar-refractivity contribution in [1.82, 2.24) is 0 Å². The Bertz CT molecular complexity index is 653. The first kappa shape index (κ1) is 12.8. The van der Waals surface area contributed by atoms with Gasteiger partial charge in [0.25, 0.3) is 0 Å². The van der Waals surface area contributed by atoms with E-state index < -0.39 is 40.2 Å². The van der Waals surface area contributed by atoms with Gasteiger partial charge in [-0.2, -0.15) is 0 Å². The molecule has 2 N–H and O–H groups in total. The number of methoxy groups -OCH3 is 1. The molecular weight excluding hydrogens is 252 g/mol. The van der Waals surface area contributed by atoms with Crippen LogP contribution in [-0.4, -0.2) is 34.7 Å². The second-order valence-electron chi connectivity index (χ2n) is 3.98. The quantitative estimate of drug-likeness (QED) is 0.608. The summed E-state index contributed by atoms with van der Waals surface area (Å²) in [6, 6.07) is 2.17. The zero-order valence-electron chi connectivity index (χ0n) is 10.2. The molecule has 0 bridgehead atoms. The van der Waals surface area contributed by atoms with Crippen LogP contribution in [0.2, 0.25) is 0 Å². The molecule has 1 aromatic carbocycles. The van der Waals surface area contributed by atoms with Gasteiger partial charge in [-0.3, -0.25) is 14.4 Å². The Morgan fingerprint density at radius 3 is 1.95 bits per heavy atom. The van der Waals surface area contributed by atoms with E-state index in [-0.39, 0.29) is 11.1 Å². The van der Waals surface area contributed by atoms with Gasteiger partial charge in [0.15, 0.2) is 11.5 Å². The number of Topliss-reactive ketones (excluding diaryl/α,β-unsaturated/α-hetero) is 3. The predicted octanol–water partition coefficient (Wildman–Crippen LogP) is 0.966. The van der Waals surface area contributed by atoms with Crippen molar-refractivity contribution >= 4 is 17.3 Å². The Balaban J connectivity index is 2.85. The fourth-order valence-corrected chi connectivity index (χ4v) is 2.01. The lowest BCUT2D eigenvalue weighted by Gasteiger charge is -2.19. The zero-order valence-corrected chi connectivity index (χ0v) is 10.2. The van der Waals surface area contributed by atoms with Crippen LogP contribution in [-0.2, 0) is 9.53 Å². The monoisotopic (exact) mass is 262 g/mol. The molecule has 6 heteroatoms. The maximum Gasteiger partial charge on any atom is 0.233 e. The van der Waals surface area contributed by atoms with Crippen LogP contribution >= 0.6 is 0 Å². The van der Waals surface area contributed by atoms with Crippen LogP contribution in [0, 0.1) is 0 Å². The smallest absolute Gasteiger partial charge is 0.233 e. The first-order valence-corrected chi connectivity index (χ1v) is 5.33. The number of phenolic OH excluding ortho intramolecular Hbond substituents is 2. The molecule has 1 aromatic rings. The van der Waals surface area contributed by atoms with Crippen molar-refractivity contribution in [2.45, 2.75) is 6.92 Å². The molecule has 0 unspecified atom stereocenters. The van der Waals surface area contributed by atoms with Crippen LogP contribution < -0.4 is 0 Å². The number of ketones is 3. The number of rotatable bonds is 2. The first-order chi connectivity index (χ1) is 8.90. The number of hydrogen-bond acceptors (Lipinski definition) is 6. The number of carbonyl (C=O) groups excluding carboxylic acids is 3. The zero-order chi connectivity index (χ0) is 14.3. The van der Waals surface area contributed by atoms with Gasteiger partial charge in [-0.05, 0) is 19.1 Å². The minimum atomic E-state index is -0.840. The number of benzene rings is 1. The summed E-state index contributed by atoms with van der Waals surface area (Å²) in [5, 5.41) is 19.3. The van der Waals surface area contributed by atoms with E-state index in [4.69, 9.17) is 4.74 Å². The van der Waals surface area contributed by atoms with E-state index in [0.717, 1.165) is 26.2 Å². The molecule has 0 heterocycles. The molecule has 0 amide bonds. The summed E-state index contributed by atoms with van der Waals surface area (Å²) in [5.74, 6) is -3.65. The largest absolute Gasteiger partial charge is 0.507 e. The fraction of sp³-hybridized carbons (Fsp3) is 0.154. The molecule has 0 fully saturated rings. The summed E-state index contributed by atoms with van der Waals surface area (Å²) in [7, 11) is 1.15. The highest BCUT2D eigenvalue weighted by Gasteiger charge is 2.39. The van der Waals surface area contributed by atoms with E-state index in [0.29, 0.717) is 0 Å². The van der Waals surface area contributed by atoms with Gasteiger partial charge >= 0.3 is 0 Å². The number of carbonyl (C=O) groups is 3. The fourth-order valence-electron chi connectivity index (χ4n) is 2.01. The number of allylic oxidation sites excluding steroid dienone is 2. The summed E-state index contributed by atoms with van der Waals surface area (Å²) in [6.45, 7) is 1.12. The lowest BCUT2D eigenvalue weighted by molar-refractivity contribution is -0.113. The third kappa shape index (κ3) is 1.69. The minimum Gasteiger partial charge on any atom is -0.507 e. The van der Waals surface area contributed by atoms with Gasteiger partial charge < -0.3 is 14.9 Å². The van der Waals surface area contributed by atoms with Gasteiger partial charge in [0.05, 0.1) is 18.2 Å². The third-order valence-corrected chi connectivity index (χ3v) is 2.83. The maximum atomic E-state index is 12.2. The topological polar surface area (TPSA) is 101 Å². The van der Waals surface area contributed by atoms with Gasteiger partial charge in [0.1, 0.15) is 17.1 Å². The van der Waals surface area contributed by atoms with Gasteiger partial charge in [0, 0.05) is 0 Å². The molecule has 0 saturated heterocycles. The lowest BCUT2D eigenvalue weighted by atomic mass is 9.85. The van der Waals surface area contributed by atoms with E-state index in [2.05, 4.69) is 0 Å². The van der Waals surface area contributed by atoms with E-state index in [1.807, 2.05) is 0 Å².